The predicted octanol–water partition coefficient (Wildman–Crippen LogP) is 2.10. The third kappa shape index (κ3) is 3.11. The lowest BCUT2D eigenvalue weighted by Crippen LogP contribution is -2.22. The highest BCUT2D eigenvalue weighted by Crippen LogP contribution is 2.33. The summed E-state index contributed by atoms with van der Waals surface area (Å²) in [7, 11) is 0. The van der Waals surface area contributed by atoms with Gasteiger partial charge in [-0.1, -0.05) is 12.1 Å². The van der Waals surface area contributed by atoms with Gasteiger partial charge in [0, 0.05) is 6.07 Å². The molecule has 3 heterocycles. The zero-order chi connectivity index (χ0) is 19.9. The second kappa shape index (κ2) is 6.33. The van der Waals surface area contributed by atoms with Gasteiger partial charge in [0.25, 0.3) is 11.5 Å². The van der Waals surface area contributed by atoms with Crippen LogP contribution in [0.2, 0.25) is 0 Å². The standard InChI is InChI=1S/C16H10F3N7O2/c17-16(18,19)13-8(7-20-26(13)11-5-6-12(27)25-24-11)14(28)23-15-21-9-3-1-2-4-10(9)22-15/h1-7H,(H,25,27)(H2,21,22,23,28). The molecule has 142 valence electrons. The first-order chi connectivity index (χ1) is 13.3. The van der Waals surface area contributed by atoms with Gasteiger partial charge in [0.1, 0.15) is 0 Å². The fraction of sp³-hybridized carbons (Fsp3) is 0.0625. The Hall–Kier alpha value is -3.96. The SMILES string of the molecule is O=C(Nc1nc2ccccc2[nH]1)c1cnn(-c2ccc(=O)[nH]n2)c1C(F)(F)F. The number of carbonyl (C=O) groups is 1. The van der Waals surface area contributed by atoms with Gasteiger partial charge in [0.2, 0.25) is 5.95 Å². The topological polar surface area (TPSA) is 121 Å². The molecule has 0 atom stereocenters. The average molecular weight is 389 g/mol. The summed E-state index contributed by atoms with van der Waals surface area (Å²) in [5.74, 6) is -1.36. The number of fused-ring (bicyclic) bond motifs is 1. The zero-order valence-corrected chi connectivity index (χ0v) is 13.8. The van der Waals surface area contributed by atoms with Gasteiger partial charge in [0.05, 0.1) is 22.8 Å². The van der Waals surface area contributed by atoms with E-state index in [-0.39, 0.29) is 11.8 Å². The number of hydrogen-bond donors (Lipinski definition) is 3. The molecule has 1 amide bonds. The van der Waals surface area contributed by atoms with E-state index in [1.165, 1.54) is 0 Å². The quantitative estimate of drug-likeness (QED) is 0.495. The molecule has 1 aromatic carbocycles. The van der Waals surface area contributed by atoms with Crippen LogP contribution in [0, 0.1) is 0 Å². The molecule has 0 saturated heterocycles. The maximum absolute atomic E-state index is 13.6. The number of aromatic amines is 2. The van der Waals surface area contributed by atoms with Crippen molar-refractivity contribution in [3.63, 3.8) is 0 Å². The molecule has 3 N–H and O–H groups in total. The average Bonchev–Trinajstić information content (AvgIpc) is 3.25. The zero-order valence-electron chi connectivity index (χ0n) is 13.8. The third-order valence-electron chi connectivity index (χ3n) is 3.79. The number of alkyl halides is 3. The summed E-state index contributed by atoms with van der Waals surface area (Å²) < 4.78 is 41.3. The van der Waals surface area contributed by atoms with Crippen LogP contribution < -0.4 is 10.9 Å². The van der Waals surface area contributed by atoms with E-state index in [1.807, 2.05) is 5.10 Å². The largest absolute Gasteiger partial charge is 0.434 e. The Balaban J connectivity index is 1.73. The molecule has 4 aromatic rings. The van der Waals surface area contributed by atoms with Crippen molar-refractivity contribution >= 4 is 22.9 Å². The lowest BCUT2D eigenvalue weighted by molar-refractivity contribution is -0.143. The number of aromatic nitrogens is 6. The van der Waals surface area contributed by atoms with Crippen molar-refractivity contribution in [2.45, 2.75) is 6.18 Å². The van der Waals surface area contributed by atoms with Crippen molar-refractivity contribution in [1.82, 2.24) is 29.9 Å². The van der Waals surface area contributed by atoms with E-state index < -0.39 is 28.9 Å². The van der Waals surface area contributed by atoms with Crippen LogP contribution in [0.5, 0.6) is 0 Å². The smallest absolute Gasteiger partial charge is 0.324 e. The molecule has 0 spiro atoms. The molecule has 0 fully saturated rings. The Morgan fingerprint density at radius 2 is 1.93 bits per heavy atom. The number of amides is 1. The van der Waals surface area contributed by atoms with E-state index in [0.29, 0.717) is 15.7 Å². The fourth-order valence-corrected chi connectivity index (χ4v) is 2.60. The number of para-hydroxylation sites is 2. The normalized spacial score (nSPS) is 11.7. The maximum atomic E-state index is 13.6. The van der Waals surface area contributed by atoms with Crippen molar-refractivity contribution in [1.29, 1.82) is 0 Å². The minimum Gasteiger partial charge on any atom is -0.324 e. The van der Waals surface area contributed by atoms with Crippen molar-refractivity contribution in [3.05, 3.63) is 64.2 Å². The van der Waals surface area contributed by atoms with Crippen molar-refractivity contribution < 1.29 is 18.0 Å². The molecule has 0 bridgehead atoms. The van der Waals surface area contributed by atoms with E-state index >= 15 is 0 Å². The highest BCUT2D eigenvalue weighted by atomic mass is 19.4. The molecule has 3 aromatic heterocycles. The minimum atomic E-state index is -4.91. The molecule has 0 aliphatic rings. The summed E-state index contributed by atoms with van der Waals surface area (Å²) in [6.45, 7) is 0. The van der Waals surface area contributed by atoms with Gasteiger partial charge in [-0.2, -0.15) is 23.4 Å². The molecule has 0 aliphatic carbocycles. The monoisotopic (exact) mass is 389 g/mol. The first-order valence-corrected chi connectivity index (χ1v) is 7.80. The lowest BCUT2D eigenvalue weighted by atomic mass is 10.2. The fourth-order valence-electron chi connectivity index (χ4n) is 2.60. The third-order valence-corrected chi connectivity index (χ3v) is 3.79. The van der Waals surface area contributed by atoms with Crippen molar-refractivity contribution in [2.75, 3.05) is 5.32 Å². The van der Waals surface area contributed by atoms with Crippen LogP contribution in [-0.4, -0.2) is 35.9 Å². The highest BCUT2D eigenvalue weighted by molar-refractivity contribution is 6.04. The molecule has 4 rings (SSSR count). The van der Waals surface area contributed by atoms with Gasteiger partial charge in [0.15, 0.2) is 11.5 Å². The number of nitrogens with one attached hydrogen (secondary N) is 3. The minimum absolute atomic E-state index is 0.00533. The molecule has 9 nitrogen and oxygen atoms in total. The summed E-state index contributed by atoms with van der Waals surface area (Å²) in [4.78, 5) is 30.4. The Morgan fingerprint density at radius 1 is 1.14 bits per heavy atom. The van der Waals surface area contributed by atoms with Crippen LogP contribution in [0.3, 0.4) is 0 Å². The number of anilines is 1. The van der Waals surface area contributed by atoms with Gasteiger partial charge < -0.3 is 4.98 Å². The summed E-state index contributed by atoms with van der Waals surface area (Å²) >= 11 is 0. The van der Waals surface area contributed by atoms with Crippen molar-refractivity contribution in [3.8, 4) is 5.82 Å². The predicted molar refractivity (Wildman–Crippen MR) is 91.0 cm³/mol. The second-order valence-corrected chi connectivity index (χ2v) is 5.65. The Bertz CT molecular complexity index is 1190. The molecule has 0 unspecified atom stereocenters. The van der Waals surface area contributed by atoms with Gasteiger partial charge in [-0.3, -0.25) is 14.9 Å². The van der Waals surface area contributed by atoms with Gasteiger partial charge in [-0.25, -0.2) is 14.8 Å². The number of hydrogen-bond acceptors (Lipinski definition) is 5. The molecule has 0 saturated carbocycles. The molecular weight excluding hydrogens is 379 g/mol. The lowest BCUT2D eigenvalue weighted by Gasteiger charge is -2.11. The molecule has 0 radical (unpaired) electrons. The van der Waals surface area contributed by atoms with Gasteiger partial charge in [-0.05, 0) is 18.2 Å². The Kier molecular flexibility index (Phi) is 3.95. The van der Waals surface area contributed by atoms with Crippen LogP contribution in [-0.2, 0) is 6.18 Å². The van der Waals surface area contributed by atoms with Crippen LogP contribution in [0.4, 0.5) is 19.1 Å². The van der Waals surface area contributed by atoms with E-state index in [0.717, 1.165) is 18.3 Å². The number of halogens is 3. The van der Waals surface area contributed by atoms with Gasteiger partial charge >= 0.3 is 6.18 Å². The van der Waals surface area contributed by atoms with Crippen LogP contribution in [0.1, 0.15) is 16.1 Å². The number of carbonyl (C=O) groups excluding carboxylic acids is 1. The summed E-state index contributed by atoms with van der Waals surface area (Å²) in [6.07, 6.45) is -4.14. The van der Waals surface area contributed by atoms with E-state index in [2.05, 4.69) is 25.5 Å². The van der Waals surface area contributed by atoms with Gasteiger partial charge in [-0.15, -0.1) is 0 Å². The Labute approximate surface area is 153 Å². The first kappa shape index (κ1) is 17.5. The Morgan fingerprint density at radius 3 is 2.61 bits per heavy atom. The molecule has 28 heavy (non-hydrogen) atoms. The summed E-state index contributed by atoms with van der Waals surface area (Å²) in [6, 6.07) is 8.93. The van der Waals surface area contributed by atoms with Crippen molar-refractivity contribution in [2.24, 2.45) is 0 Å². The van der Waals surface area contributed by atoms with E-state index in [4.69, 9.17) is 0 Å². The van der Waals surface area contributed by atoms with Crippen LogP contribution >= 0.6 is 0 Å². The summed E-state index contributed by atoms with van der Waals surface area (Å²) in [5.41, 5.74) is -1.49. The highest BCUT2D eigenvalue weighted by Gasteiger charge is 2.41. The van der Waals surface area contributed by atoms with Crippen LogP contribution in [0.25, 0.3) is 16.9 Å². The number of benzene rings is 1. The van der Waals surface area contributed by atoms with E-state index in [9.17, 15) is 22.8 Å². The van der Waals surface area contributed by atoms with Crippen LogP contribution in [0.15, 0.2) is 47.4 Å². The first-order valence-electron chi connectivity index (χ1n) is 7.80. The number of imidazole rings is 1. The summed E-state index contributed by atoms with van der Waals surface area (Å²) in [5, 5.41) is 11.4. The maximum Gasteiger partial charge on any atom is 0.434 e. The second-order valence-electron chi connectivity index (χ2n) is 5.65. The molecular formula is C16H10F3N7O2. The number of H-pyrrole nitrogens is 2. The molecule has 0 aliphatic heterocycles. The molecule has 12 heteroatoms. The number of nitrogens with zero attached hydrogens (tertiary/aromatic N) is 4. The number of rotatable bonds is 3. The van der Waals surface area contributed by atoms with E-state index in [1.54, 1.807) is 24.3 Å².